The molecule has 5 nitrogen and oxygen atoms in total. The minimum absolute atomic E-state index is 0.0101. The van der Waals surface area contributed by atoms with Crippen LogP contribution in [-0.2, 0) is 23.6 Å². The predicted molar refractivity (Wildman–Crippen MR) is 121 cm³/mol. The Morgan fingerprint density at radius 3 is 2.08 bits per heavy atom. The van der Waals surface area contributed by atoms with Crippen LogP contribution in [0.2, 0.25) is 0 Å². The normalized spacial score (nSPS) is 18.7. The molecule has 1 aliphatic rings. The van der Waals surface area contributed by atoms with E-state index in [9.17, 15) is 35.9 Å². The molecule has 2 amide bonds. The maximum absolute atomic E-state index is 13.3. The van der Waals surface area contributed by atoms with E-state index in [-0.39, 0.29) is 31.1 Å². The number of likely N-dealkylation sites (N-methyl/N-ethyl adjacent to an activating group) is 1. The van der Waals surface area contributed by atoms with Crippen LogP contribution in [0.5, 0.6) is 0 Å². The average molecular weight is 515 g/mol. The predicted octanol–water partition coefficient (Wildman–Crippen LogP) is 4.62. The first-order valence-corrected chi connectivity index (χ1v) is 11.3. The van der Waals surface area contributed by atoms with E-state index in [2.05, 4.69) is 5.32 Å². The van der Waals surface area contributed by atoms with Crippen LogP contribution >= 0.6 is 0 Å². The molecule has 2 unspecified atom stereocenters. The molecule has 1 fully saturated rings. The fraction of sp³-hybridized carbons (Fsp3) is 0.440. The van der Waals surface area contributed by atoms with Gasteiger partial charge >= 0.3 is 12.4 Å². The van der Waals surface area contributed by atoms with Gasteiger partial charge in [0.25, 0.3) is 5.91 Å². The molecular formula is C25H27F6N3O2. The molecule has 1 aliphatic heterocycles. The summed E-state index contributed by atoms with van der Waals surface area (Å²) in [6.07, 6.45) is -8.96. The van der Waals surface area contributed by atoms with E-state index in [1.165, 1.54) is 9.80 Å². The first-order valence-electron chi connectivity index (χ1n) is 11.3. The van der Waals surface area contributed by atoms with Crippen LogP contribution in [-0.4, -0.2) is 60.9 Å². The molecule has 2 aromatic carbocycles. The Morgan fingerprint density at radius 1 is 0.972 bits per heavy atom. The zero-order valence-corrected chi connectivity index (χ0v) is 19.8. The number of hydrogen-bond donors (Lipinski definition) is 1. The van der Waals surface area contributed by atoms with Crippen molar-refractivity contribution in [2.75, 3.05) is 27.2 Å². The lowest BCUT2D eigenvalue weighted by Gasteiger charge is -2.40. The van der Waals surface area contributed by atoms with Crippen molar-refractivity contribution >= 4 is 11.8 Å². The molecule has 196 valence electrons. The molecule has 36 heavy (non-hydrogen) atoms. The maximum atomic E-state index is 13.3. The molecule has 0 radical (unpaired) electrons. The lowest BCUT2D eigenvalue weighted by molar-refractivity contribution is -0.143. The van der Waals surface area contributed by atoms with Gasteiger partial charge in [-0.2, -0.15) is 26.3 Å². The Bertz CT molecular complexity index is 1040. The van der Waals surface area contributed by atoms with Crippen molar-refractivity contribution in [3.8, 4) is 0 Å². The summed E-state index contributed by atoms with van der Waals surface area (Å²) in [7, 11) is 3.24. The number of nitrogens with one attached hydrogen (secondary N) is 1. The summed E-state index contributed by atoms with van der Waals surface area (Å²) in [4.78, 5) is 28.1. The number of benzene rings is 2. The Hall–Kier alpha value is -3.08. The lowest BCUT2D eigenvalue weighted by Crippen LogP contribution is -2.53. The van der Waals surface area contributed by atoms with Gasteiger partial charge < -0.3 is 15.1 Å². The van der Waals surface area contributed by atoms with Crippen molar-refractivity contribution < 1.29 is 35.9 Å². The number of alkyl halides is 6. The van der Waals surface area contributed by atoms with E-state index in [1.54, 1.807) is 26.2 Å². The second-order valence-corrected chi connectivity index (χ2v) is 9.03. The Labute approximate surface area is 205 Å². The second-order valence-electron chi connectivity index (χ2n) is 9.03. The van der Waals surface area contributed by atoms with Crippen LogP contribution in [0.3, 0.4) is 0 Å². The Morgan fingerprint density at radius 2 is 1.56 bits per heavy atom. The number of rotatable bonds is 6. The summed E-state index contributed by atoms with van der Waals surface area (Å²) < 4.78 is 80.0. The third kappa shape index (κ3) is 6.99. The molecule has 0 saturated carbocycles. The smallest absolute Gasteiger partial charge is 0.348 e. The number of carbonyl (C=O) groups excluding carboxylic acids is 2. The molecule has 11 heteroatoms. The largest absolute Gasteiger partial charge is 0.416 e. The van der Waals surface area contributed by atoms with Gasteiger partial charge in [-0.05, 0) is 43.0 Å². The molecule has 3 rings (SSSR count). The number of carbonyl (C=O) groups is 2. The zero-order chi connectivity index (χ0) is 26.7. The Balaban J connectivity index is 1.90. The number of piperidine rings is 1. The highest BCUT2D eigenvalue weighted by molar-refractivity contribution is 5.95. The van der Waals surface area contributed by atoms with Gasteiger partial charge in [0.15, 0.2) is 0 Å². The highest BCUT2D eigenvalue weighted by atomic mass is 19.4. The maximum Gasteiger partial charge on any atom is 0.416 e. The van der Waals surface area contributed by atoms with Crippen LogP contribution in [0.15, 0.2) is 48.5 Å². The van der Waals surface area contributed by atoms with Gasteiger partial charge in [0.05, 0.1) is 17.7 Å². The summed E-state index contributed by atoms with van der Waals surface area (Å²) in [6, 6.07) is 9.39. The molecule has 1 saturated heterocycles. The van der Waals surface area contributed by atoms with Crippen molar-refractivity contribution in [2.45, 2.75) is 43.7 Å². The van der Waals surface area contributed by atoms with Crippen molar-refractivity contribution in [1.29, 1.82) is 0 Å². The van der Waals surface area contributed by atoms with E-state index in [4.69, 9.17) is 0 Å². The van der Waals surface area contributed by atoms with Crippen molar-refractivity contribution in [3.63, 3.8) is 0 Å². The fourth-order valence-corrected chi connectivity index (χ4v) is 4.22. The van der Waals surface area contributed by atoms with Crippen LogP contribution in [0, 0.1) is 0 Å². The van der Waals surface area contributed by atoms with Crippen molar-refractivity contribution in [2.24, 2.45) is 0 Å². The summed E-state index contributed by atoms with van der Waals surface area (Å²) in [6.45, 7) is 0.188. The highest BCUT2D eigenvalue weighted by Crippen LogP contribution is 2.37. The quantitative estimate of drug-likeness (QED) is 0.572. The monoisotopic (exact) mass is 515 g/mol. The van der Waals surface area contributed by atoms with E-state index < -0.39 is 41.0 Å². The van der Waals surface area contributed by atoms with Gasteiger partial charge in [0.2, 0.25) is 5.91 Å². The first-order chi connectivity index (χ1) is 16.8. The summed E-state index contributed by atoms with van der Waals surface area (Å²) in [5.41, 5.74) is -2.85. The Kier molecular flexibility index (Phi) is 8.33. The third-order valence-electron chi connectivity index (χ3n) is 6.17. The SMILES string of the molecule is CN(C)C(=O)CNC1CCN(C(=O)c2cc(C(F)(F)F)cc(C(F)(F)F)c2)C(Cc2ccccc2)C1. The molecule has 0 bridgehead atoms. The van der Waals surface area contributed by atoms with Crippen LogP contribution < -0.4 is 5.32 Å². The van der Waals surface area contributed by atoms with E-state index in [0.29, 0.717) is 31.4 Å². The van der Waals surface area contributed by atoms with Crippen LogP contribution in [0.1, 0.15) is 39.9 Å². The second kappa shape index (κ2) is 10.9. The van der Waals surface area contributed by atoms with E-state index in [0.717, 1.165) is 5.56 Å². The van der Waals surface area contributed by atoms with Crippen molar-refractivity contribution in [3.05, 3.63) is 70.8 Å². The molecule has 1 heterocycles. The van der Waals surface area contributed by atoms with Gasteiger partial charge in [0, 0.05) is 38.3 Å². The fourth-order valence-electron chi connectivity index (χ4n) is 4.22. The van der Waals surface area contributed by atoms with Crippen molar-refractivity contribution in [1.82, 2.24) is 15.1 Å². The molecule has 0 spiro atoms. The molecule has 0 aromatic heterocycles. The zero-order valence-electron chi connectivity index (χ0n) is 19.8. The summed E-state index contributed by atoms with van der Waals surface area (Å²) in [5, 5.41) is 3.15. The number of amides is 2. The lowest BCUT2D eigenvalue weighted by atomic mass is 9.91. The number of halogens is 6. The summed E-state index contributed by atoms with van der Waals surface area (Å²) >= 11 is 0. The van der Waals surface area contributed by atoms with Gasteiger partial charge in [-0.1, -0.05) is 30.3 Å². The minimum Gasteiger partial charge on any atom is -0.348 e. The van der Waals surface area contributed by atoms with E-state index >= 15 is 0 Å². The number of hydrogen-bond acceptors (Lipinski definition) is 3. The van der Waals surface area contributed by atoms with Crippen LogP contribution in [0.25, 0.3) is 0 Å². The highest BCUT2D eigenvalue weighted by Gasteiger charge is 2.39. The topological polar surface area (TPSA) is 52.7 Å². The standard InChI is InChI=1S/C25H27F6N3O2/c1-33(2)22(35)15-32-20-8-9-34(21(14-20)10-16-6-4-3-5-7-16)23(36)17-11-18(24(26,27)28)13-19(12-17)25(29,30)31/h3-7,11-13,20-21,32H,8-10,14-15H2,1-2H3. The molecule has 1 N–H and O–H groups in total. The molecule has 0 aliphatic carbocycles. The molecular weight excluding hydrogens is 488 g/mol. The minimum atomic E-state index is -5.05. The van der Waals surface area contributed by atoms with Crippen LogP contribution in [0.4, 0.5) is 26.3 Å². The third-order valence-corrected chi connectivity index (χ3v) is 6.17. The van der Waals surface area contributed by atoms with Gasteiger partial charge in [-0.3, -0.25) is 9.59 Å². The van der Waals surface area contributed by atoms with Gasteiger partial charge in [-0.25, -0.2) is 0 Å². The van der Waals surface area contributed by atoms with Gasteiger partial charge in [0.1, 0.15) is 0 Å². The molecule has 2 atom stereocenters. The molecule has 2 aromatic rings. The average Bonchev–Trinajstić information content (AvgIpc) is 2.81. The number of likely N-dealkylation sites (tertiary alicyclic amines) is 1. The van der Waals surface area contributed by atoms with E-state index in [1.807, 2.05) is 18.2 Å². The first kappa shape index (κ1) is 27.5. The van der Waals surface area contributed by atoms with Gasteiger partial charge in [-0.15, -0.1) is 0 Å². The number of nitrogens with zero attached hydrogens (tertiary/aromatic N) is 2. The summed E-state index contributed by atoms with van der Waals surface area (Å²) in [5.74, 6) is -1.04.